The van der Waals surface area contributed by atoms with E-state index in [1.165, 1.54) is 17.3 Å². The van der Waals surface area contributed by atoms with Crippen LogP contribution in [0, 0.1) is 0 Å². The van der Waals surface area contributed by atoms with Crippen molar-refractivity contribution in [2.45, 2.75) is 30.9 Å². The molecule has 0 bridgehead atoms. The molecule has 0 spiro atoms. The number of amides is 2. The first-order valence-electron chi connectivity index (χ1n) is 7.58. The van der Waals surface area contributed by atoms with E-state index in [0.717, 1.165) is 18.5 Å². The lowest BCUT2D eigenvalue weighted by atomic mass is 10.1. The van der Waals surface area contributed by atoms with Gasteiger partial charge >= 0.3 is 0 Å². The van der Waals surface area contributed by atoms with Crippen LogP contribution < -0.4 is 10.6 Å². The van der Waals surface area contributed by atoms with Crippen LogP contribution in [0.25, 0.3) is 0 Å². The Hall–Kier alpha value is -1.53. The lowest BCUT2D eigenvalue weighted by Gasteiger charge is -2.12. The second-order valence-corrected chi connectivity index (χ2v) is 6.53. The number of hydrogen-bond donors (Lipinski definition) is 3. The molecule has 120 valence electrons. The van der Waals surface area contributed by atoms with Crippen molar-refractivity contribution >= 4 is 29.3 Å². The first-order chi connectivity index (χ1) is 10.7. The lowest BCUT2D eigenvalue weighted by molar-refractivity contribution is -0.120. The van der Waals surface area contributed by atoms with Gasteiger partial charge < -0.3 is 15.7 Å². The van der Waals surface area contributed by atoms with Crippen molar-refractivity contribution in [2.75, 3.05) is 24.2 Å². The Labute approximate surface area is 134 Å². The van der Waals surface area contributed by atoms with Crippen molar-refractivity contribution in [2.24, 2.45) is 0 Å². The second-order valence-electron chi connectivity index (χ2n) is 5.22. The molecule has 1 heterocycles. The molecule has 1 aromatic carbocycles. The Kier molecular flexibility index (Phi) is 6.74. The first-order valence-corrected chi connectivity index (χ1v) is 8.63. The van der Waals surface area contributed by atoms with E-state index in [0.29, 0.717) is 25.1 Å². The highest BCUT2D eigenvalue weighted by Gasteiger charge is 2.23. The fourth-order valence-electron chi connectivity index (χ4n) is 2.34. The minimum absolute atomic E-state index is 0.0237. The summed E-state index contributed by atoms with van der Waals surface area (Å²) >= 11 is 1.53. The van der Waals surface area contributed by atoms with Gasteiger partial charge in [0, 0.05) is 31.0 Å². The van der Waals surface area contributed by atoms with Gasteiger partial charge in [-0.05, 0) is 30.9 Å². The number of nitrogens with one attached hydrogen (secondary N) is 2. The lowest BCUT2D eigenvalue weighted by Crippen LogP contribution is -2.27. The molecular formula is C16H22N2O3S. The molecule has 0 aliphatic carbocycles. The average molecular weight is 322 g/mol. The molecule has 22 heavy (non-hydrogen) atoms. The molecule has 0 fully saturated rings. The molecule has 2 rings (SSSR count). The first kappa shape index (κ1) is 16.8. The second kappa shape index (κ2) is 8.80. The van der Waals surface area contributed by atoms with Gasteiger partial charge in [-0.15, -0.1) is 11.8 Å². The zero-order valence-corrected chi connectivity index (χ0v) is 13.3. The van der Waals surface area contributed by atoms with Crippen LogP contribution in [-0.4, -0.2) is 41.1 Å². The van der Waals surface area contributed by atoms with Gasteiger partial charge in [0.25, 0.3) is 0 Å². The van der Waals surface area contributed by atoms with Gasteiger partial charge in [-0.25, -0.2) is 0 Å². The minimum atomic E-state index is -0.113. The van der Waals surface area contributed by atoms with Crippen molar-refractivity contribution in [3.63, 3.8) is 0 Å². The van der Waals surface area contributed by atoms with Crippen LogP contribution >= 0.6 is 11.8 Å². The maximum absolute atomic E-state index is 12.2. The van der Waals surface area contributed by atoms with E-state index in [1.54, 1.807) is 0 Å². The van der Waals surface area contributed by atoms with Crippen LogP contribution in [0.3, 0.4) is 0 Å². The maximum atomic E-state index is 12.2. The van der Waals surface area contributed by atoms with Gasteiger partial charge in [-0.2, -0.15) is 0 Å². The molecule has 1 aliphatic heterocycles. The number of aliphatic hydroxyl groups excluding tert-OH is 1. The highest BCUT2D eigenvalue weighted by molar-refractivity contribution is 8.00. The Morgan fingerprint density at radius 3 is 3.05 bits per heavy atom. The number of para-hydroxylation sites is 1. The number of aryl methyl sites for hydroxylation is 1. The number of thioether (sulfide) groups is 1. The molecule has 2 amide bonds. The molecule has 5 nitrogen and oxygen atoms in total. The van der Waals surface area contributed by atoms with Crippen LogP contribution in [0.2, 0.25) is 0 Å². The van der Waals surface area contributed by atoms with E-state index in [2.05, 4.69) is 10.6 Å². The van der Waals surface area contributed by atoms with Gasteiger partial charge in [-0.1, -0.05) is 18.2 Å². The van der Waals surface area contributed by atoms with Crippen molar-refractivity contribution in [1.29, 1.82) is 0 Å². The Morgan fingerprint density at radius 2 is 2.23 bits per heavy atom. The summed E-state index contributed by atoms with van der Waals surface area (Å²) in [6.45, 7) is 0.580. The highest BCUT2D eigenvalue weighted by atomic mass is 32.2. The number of carbonyl (C=O) groups is 2. The molecule has 3 N–H and O–H groups in total. The van der Waals surface area contributed by atoms with Gasteiger partial charge in [0.1, 0.15) is 0 Å². The predicted octanol–water partition coefficient (Wildman–Crippen LogP) is 1.56. The number of hydrogen-bond acceptors (Lipinski definition) is 4. The van der Waals surface area contributed by atoms with Gasteiger partial charge in [-0.3, -0.25) is 9.59 Å². The summed E-state index contributed by atoms with van der Waals surface area (Å²) < 4.78 is 0. The third kappa shape index (κ3) is 5.03. The highest BCUT2D eigenvalue weighted by Crippen LogP contribution is 2.27. The number of aliphatic hydroxyl groups is 1. The van der Waals surface area contributed by atoms with Crippen LogP contribution in [0.1, 0.15) is 24.8 Å². The van der Waals surface area contributed by atoms with E-state index in [9.17, 15) is 9.59 Å². The Bertz CT molecular complexity index is 522. The van der Waals surface area contributed by atoms with Crippen molar-refractivity contribution < 1.29 is 14.7 Å². The van der Waals surface area contributed by atoms with Gasteiger partial charge in [0.15, 0.2) is 0 Å². The van der Waals surface area contributed by atoms with Gasteiger partial charge in [0.05, 0.1) is 5.25 Å². The van der Waals surface area contributed by atoms with Crippen molar-refractivity contribution in [3.05, 3.63) is 29.8 Å². The number of anilines is 1. The normalized spacial score (nSPS) is 17.3. The quantitative estimate of drug-likeness (QED) is 0.666. The summed E-state index contributed by atoms with van der Waals surface area (Å²) in [5.41, 5.74) is 2.07. The summed E-state index contributed by atoms with van der Waals surface area (Å²) in [6.07, 6.45) is 2.63. The van der Waals surface area contributed by atoms with E-state index in [-0.39, 0.29) is 23.7 Å². The number of carbonyl (C=O) groups excluding carboxylic acids is 2. The van der Waals surface area contributed by atoms with Crippen LogP contribution in [0.4, 0.5) is 5.69 Å². The Morgan fingerprint density at radius 1 is 1.41 bits per heavy atom. The summed E-state index contributed by atoms with van der Waals surface area (Å²) in [7, 11) is 0. The molecule has 0 unspecified atom stereocenters. The fourth-order valence-corrected chi connectivity index (χ4v) is 3.42. The molecule has 0 saturated carbocycles. The fraction of sp³-hybridized carbons (Fsp3) is 0.500. The summed E-state index contributed by atoms with van der Waals surface area (Å²) in [6, 6.07) is 7.87. The van der Waals surface area contributed by atoms with E-state index in [1.807, 2.05) is 24.3 Å². The van der Waals surface area contributed by atoms with Crippen LogP contribution in [0.15, 0.2) is 24.3 Å². The molecule has 6 heteroatoms. The van der Waals surface area contributed by atoms with Crippen molar-refractivity contribution in [3.8, 4) is 0 Å². The number of fused-ring (bicyclic) bond motifs is 1. The Balaban J connectivity index is 1.75. The van der Waals surface area contributed by atoms with Crippen LogP contribution in [0.5, 0.6) is 0 Å². The molecule has 0 saturated heterocycles. The monoisotopic (exact) mass is 322 g/mol. The SMILES string of the molecule is O=C(CCS[C@H]1CCc2ccccc2NC1=O)NCCCO. The molecular weight excluding hydrogens is 300 g/mol. The zero-order valence-electron chi connectivity index (χ0n) is 12.5. The maximum Gasteiger partial charge on any atom is 0.237 e. The number of benzene rings is 1. The minimum Gasteiger partial charge on any atom is -0.396 e. The zero-order chi connectivity index (χ0) is 15.8. The topological polar surface area (TPSA) is 78.4 Å². The largest absolute Gasteiger partial charge is 0.396 e. The van der Waals surface area contributed by atoms with Gasteiger partial charge in [0.2, 0.25) is 11.8 Å². The smallest absolute Gasteiger partial charge is 0.237 e. The molecule has 1 aromatic rings. The standard InChI is InChI=1S/C16H22N2O3S/c19-10-3-9-17-15(20)8-11-22-14-7-6-12-4-1-2-5-13(12)18-16(14)21/h1-2,4-5,14,19H,3,6-11H2,(H,17,20)(H,18,21)/t14-/m0/s1. The molecule has 0 aromatic heterocycles. The summed E-state index contributed by atoms with van der Waals surface area (Å²) in [5.74, 6) is 0.619. The molecule has 1 atom stereocenters. The molecule has 1 aliphatic rings. The molecule has 0 radical (unpaired) electrons. The van der Waals surface area contributed by atoms with Crippen molar-refractivity contribution in [1.82, 2.24) is 5.32 Å². The third-order valence-electron chi connectivity index (χ3n) is 3.55. The van der Waals surface area contributed by atoms with E-state index in [4.69, 9.17) is 5.11 Å². The third-order valence-corrected chi connectivity index (χ3v) is 4.84. The predicted molar refractivity (Wildman–Crippen MR) is 89.0 cm³/mol. The average Bonchev–Trinajstić information content (AvgIpc) is 2.67. The summed E-state index contributed by atoms with van der Waals surface area (Å²) in [5, 5.41) is 14.3. The van der Waals surface area contributed by atoms with E-state index < -0.39 is 0 Å². The van der Waals surface area contributed by atoms with Crippen LogP contribution in [-0.2, 0) is 16.0 Å². The number of rotatable bonds is 7. The van der Waals surface area contributed by atoms with E-state index >= 15 is 0 Å². The summed E-state index contributed by atoms with van der Waals surface area (Å²) in [4.78, 5) is 23.8.